The topological polar surface area (TPSA) is 43.9 Å². The lowest BCUT2D eigenvalue weighted by Gasteiger charge is -2.37. The standard InChI is InChI=1S/C22H24BrN3O2/c1-16-7-8-19(18(23)13-16)26-21(27)14-20(22(26)28)25-11-9-24(10-12-25)15-17-5-3-2-4-6-17/h2-8,13,20H,9-12,14-15H2,1H3/t20-/m1/s1. The number of nitrogens with zero attached hydrogens (tertiary/aromatic N) is 3. The molecule has 2 aliphatic heterocycles. The monoisotopic (exact) mass is 441 g/mol. The molecule has 0 unspecified atom stereocenters. The Hall–Kier alpha value is -2.02. The number of rotatable bonds is 4. The van der Waals surface area contributed by atoms with Crippen LogP contribution in [0.1, 0.15) is 17.5 Å². The van der Waals surface area contributed by atoms with Crippen LogP contribution in [0.15, 0.2) is 53.0 Å². The number of carbonyl (C=O) groups is 2. The first-order valence-corrected chi connectivity index (χ1v) is 10.5. The lowest BCUT2D eigenvalue weighted by atomic mass is 10.1. The SMILES string of the molecule is Cc1ccc(N2C(=O)C[C@@H](N3CCN(Cc4ccccc4)CC3)C2=O)c(Br)c1. The summed E-state index contributed by atoms with van der Waals surface area (Å²) in [5, 5.41) is 0. The molecule has 5 nitrogen and oxygen atoms in total. The zero-order valence-corrected chi connectivity index (χ0v) is 17.6. The van der Waals surface area contributed by atoms with E-state index in [4.69, 9.17) is 0 Å². The van der Waals surface area contributed by atoms with Gasteiger partial charge in [-0.3, -0.25) is 19.4 Å². The van der Waals surface area contributed by atoms with E-state index in [9.17, 15) is 9.59 Å². The minimum Gasteiger partial charge on any atom is -0.297 e. The Morgan fingerprint density at radius 2 is 1.71 bits per heavy atom. The van der Waals surface area contributed by atoms with E-state index >= 15 is 0 Å². The van der Waals surface area contributed by atoms with Gasteiger partial charge in [0.25, 0.3) is 5.91 Å². The molecular formula is C22H24BrN3O2. The van der Waals surface area contributed by atoms with Gasteiger partial charge in [0, 0.05) is 37.2 Å². The molecule has 0 radical (unpaired) electrons. The number of benzene rings is 2. The van der Waals surface area contributed by atoms with Crippen LogP contribution in [0.4, 0.5) is 5.69 Å². The summed E-state index contributed by atoms with van der Waals surface area (Å²) in [5.74, 6) is -0.225. The number of anilines is 1. The van der Waals surface area contributed by atoms with Crippen molar-refractivity contribution in [3.8, 4) is 0 Å². The minimum atomic E-state index is -0.348. The van der Waals surface area contributed by atoms with Crippen LogP contribution in [0, 0.1) is 6.92 Å². The van der Waals surface area contributed by atoms with Crippen LogP contribution < -0.4 is 4.90 Å². The predicted molar refractivity (Wildman–Crippen MR) is 113 cm³/mol. The van der Waals surface area contributed by atoms with Crippen LogP contribution >= 0.6 is 15.9 Å². The van der Waals surface area contributed by atoms with E-state index in [1.54, 1.807) is 0 Å². The van der Waals surface area contributed by atoms with E-state index in [0.29, 0.717) is 5.69 Å². The van der Waals surface area contributed by atoms with Crippen molar-refractivity contribution in [2.45, 2.75) is 25.9 Å². The summed E-state index contributed by atoms with van der Waals surface area (Å²) in [6.45, 7) is 6.33. The first kappa shape index (κ1) is 19.3. The van der Waals surface area contributed by atoms with Crippen LogP contribution in [0.5, 0.6) is 0 Å². The summed E-state index contributed by atoms with van der Waals surface area (Å²) in [4.78, 5) is 31.6. The quantitative estimate of drug-likeness (QED) is 0.683. The molecule has 0 saturated carbocycles. The van der Waals surface area contributed by atoms with E-state index in [0.717, 1.165) is 42.8 Å². The van der Waals surface area contributed by atoms with E-state index in [1.807, 2.05) is 31.2 Å². The molecule has 0 aromatic heterocycles. The fourth-order valence-electron chi connectivity index (χ4n) is 4.02. The average molecular weight is 442 g/mol. The number of aryl methyl sites for hydroxylation is 1. The van der Waals surface area contributed by atoms with Crippen LogP contribution in [-0.2, 0) is 16.1 Å². The molecule has 146 valence electrons. The number of carbonyl (C=O) groups excluding carboxylic acids is 2. The van der Waals surface area contributed by atoms with Crippen LogP contribution in [0.3, 0.4) is 0 Å². The molecular weight excluding hydrogens is 418 g/mol. The number of amides is 2. The molecule has 2 aliphatic rings. The van der Waals surface area contributed by atoms with Crippen LogP contribution in [0.25, 0.3) is 0 Å². The third-order valence-electron chi connectivity index (χ3n) is 5.56. The number of imide groups is 1. The molecule has 0 spiro atoms. The molecule has 2 saturated heterocycles. The number of hydrogen-bond donors (Lipinski definition) is 0. The first-order valence-electron chi connectivity index (χ1n) is 9.66. The largest absolute Gasteiger partial charge is 0.297 e. The Kier molecular flexibility index (Phi) is 5.62. The highest BCUT2D eigenvalue weighted by atomic mass is 79.9. The van der Waals surface area contributed by atoms with Gasteiger partial charge in [-0.05, 0) is 46.1 Å². The number of hydrogen-bond acceptors (Lipinski definition) is 4. The van der Waals surface area contributed by atoms with Gasteiger partial charge in [0.1, 0.15) is 0 Å². The minimum absolute atomic E-state index is 0.105. The molecule has 28 heavy (non-hydrogen) atoms. The van der Waals surface area contributed by atoms with Crippen molar-refractivity contribution in [1.29, 1.82) is 0 Å². The van der Waals surface area contributed by atoms with Crippen molar-refractivity contribution >= 4 is 33.4 Å². The zero-order valence-electron chi connectivity index (χ0n) is 16.0. The summed E-state index contributed by atoms with van der Waals surface area (Å²) in [6, 6.07) is 15.8. The summed E-state index contributed by atoms with van der Waals surface area (Å²) >= 11 is 3.50. The van der Waals surface area contributed by atoms with Gasteiger partial charge < -0.3 is 0 Å². The van der Waals surface area contributed by atoms with Crippen LogP contribution in [0.2, 0.25) is 0 Å². The summed E-state index contributed by atoms with van der Waals surface area (Å²) in [6.07, 6.45) is 0.262. The van der Waals surface area contributed by atoms with Gasteiger partial charge in [-0.15, -0.1) is 0 Å². The maximum Gasteiger partial charge on any atom is 0.251 e. The third-order valence-corrected chi connectivity index (χ3v) is 6.20. The maximum absolute atomic E-state index is 13.1. The highest BCUT2D eigenvalue weighted by Gasteiger charge is 2.43. The Morgan fingerprint density at radius 3 is 2.39 bits per heavy atom. The Bertz CT molecular complexity index is 879. The fraction of sp³-hybridized carbons (Fsp3) is 0.364. The van der Waals surface area contributed by atoms with Crippen molar-refractivity contribution in [2.24, 2.45) is 0 Å². The van der Waals surface area contributed by atoms with Crippen molar-refractivity contribution in [2.75, 3.05) is 31.1 Å². The van der Waals surface area contributed by atoms with Gasteiger partial charge in [-0.25, -0.2) is 4.90 Å². The number of halogens is 1. The van der Waals surface area contributed by atoms with E-state index in [2.05, 4.69) is 50.0 Å². The molecule has 2 amide bonds. The van der Waals surface area contributed by atoms with Gasteiger partial charge in [0.15, 0.2) is 0 Å². The predicted octanol–water partition coefficient (Wildman–Crippen LogP) is 3.21. The van der Waals surface area contributed by atoms with Gasteiger partial charge in [-0.1, -0.05) is 36.4 Å². The van der Waals surface area contributed by atoms with Crippen molar-refractivity contribution in [3.63, 3.8) is 0 Å². The first-order chi connectivity index (χ1) is 13.5. The van der Waals surface area contributed by atoms with E-state index < -0.39 is 0 Å². The molecule has 1 atom stereocenters. The van der Waals surface area contributed by atoms with Crippen LogP contribution in [-0.4, -0.2) is 53.8 Å². The summed E-state index contributed by atoms with van der Waals surface area (Å²) in [5.41, 5.74) is 3.03. The van der Waals surface area contributed by atoms with Gasteiger partial charge in [-0.2, -0.15) is 0 Å². The van der Waals surface area contributed by atoms with Crippen molar-refractivity contribution in [1.82, 2.24) is 9.80 Å². The number of piperazine rings is 1. The summed E-state index contributed by atoms with van der Waals surface area (Å²) in [7, 11) is 0. The highest BCUT2D eigenvalue weighted by Crippen LogP contribution is 2.32. The third kappa shape index (κ3) is 3.90. The second-order valence-electron chi connectivity index (χ2n) is 7.54. The zero-order chi connectivity index (χ0) is 19.7. The summed E-state index contributed by atoms with van der Waals surface area (Å²) < 4.78 is 0.780. The molecule has 0 aliphatic carbocycles. The lowest BCUT2D eigenvalue weighted by molar-refractivity contribution is -0.123. The van der Waals surface area contributed by atoms with E-state index in [1.165, 1.54) is 10.5 Å². The molecule has 0 bridgehead atoms. The Labute approximate surface area is 174 Å². The van der Waals surface area contributed by atoms with Gasteiger partial charge >= 0.3 is 0 Å². The highest BCUT2D eigenvalue weighted by molar-refractivity contribution is 9.10. The maximum atomic E-state index is 13.1. The second-order valence-corrected chi connectivity index (χ2v) is 8.39. The molecule has 6 heteroatoms. The molecule has 2 fully saturated rings. The average Bonchev–Trinajstić information content (AvgIpc) is 2.98. The van der Waals surface area contributed by atoms with Gasteiger partial charge in [0.2, 0.25) is 5.91 Å². The molecule has 0 N–H and O–H groups in total. The van der Waals surface area contributed by atoms with Crippen molar-refractivity contribution in [3.05, 3.63) is 64.1 Å². The lowest BCUT2D eigenvalue weighted by Crippen LogP contribution is -2.52. The van der Waals surface area contributed by atoms with Gasteiger partial charge in [0.05, 0.1) is 18.2 Å². The Balaban J connectivity index is 1.41. The molecule has 4 rings (SSSR count). The normalized spacial score (nSPS) is 21.5. The Morgan fingerprint density at radius 1 is 1.00 bits per heavy atom. The molecule has 2 aromatic rings. The smallest absolute Gasteiger partial charge is 0.251 e. The molecule has 2 aromatic carbocycles. The second kappa shape index (κ2) is 8.15. The fourth-order valence-corrected chi connectivity index (χ4v) is 4.69. The van der Waals surface area contributed by atoms with Crippen molar-refractivity contribution < 1.29 is 9.59 Å². The molecule has 2 heterocycles. The van der Waals surface area contributed by atoms with E-state index in [-0.39, 0.29) is 24.3 Å².